The fourth-order valence-corrected chi connectivity index (χ4v) is 1.23. The number of nitrogens with zero attached hydrogens (tertiary/aromatic N) is 1. The van der Waals surface area contributed by atoms with Crippen molar-refractivity contribution in [1.29, 1.82) is 0 Å². The number of alkyl halides is 3. The first kappa shape index (κ1) is 13.7. The lowest BCUT2D eigenvalue weighted by Gasteiger charge is -2.19. The molecular weight excluding hydrogens is 195 g/mol. The number of aliphatic hydroxyl groups excluding tert-OH is 1. The van der Waals surface area contributed by atoms with E-state index in [-0.39, 0.29) is 13.0 Å². The highest BCUT2D eigenvalue weighted by Gasteiger charge is 2.26. The highest BCUT2D eigenvalue weighted by atomic mass is 19.4. The average molecular weight is 213 g/mol. The molecule has 0 fully saturated rings. The molecular formula is C9H18F3NO. The van der Waals surface area contributed by atoms with Gasteiger partial charge in [-0.3, -0.25) is 0 Å². The molecule has 5 heteroatoms. The van der Waals surface area contributed by atoms with E-state index < -0.39 is 12.6 Å². The fourth-order valence-electron chi connectivity index (χ4n) is 1.23. The Morgan fingerprint density at radius 1 is 1.14 bits per heavy atom. The van der Waals surface area contributed by atoms with Gasteiger partial charge in [-0.25, -0.2) is 0 Å². The molecule has 0 saturated carbocycles. The first-order valence-electron chi connectivity index (χ1n) is 4.89. The van der Waals surface area contributed by atoms with Gasteiger partial charge in [-0.15, -0.1) is 0 Å². The van der Waals surface area contributed by atoms with Gasteiger partial charge in [-0.2, -0.15) is 13.2 Å². The van der Waals surface area contributed by atoms with E-state index >= 15 is 0 Å². The van der Waals surface area contributed by atoms with Crippen LogP contribution in [0.4, 0.5) is 13.2 Å². The molecule has 0 aromatic heterocycles. The average Bonchev–Trinajstić information content (AvgIpc) is 2.09. The van der Waals surface area contributed by atoms with Gasteiger partial charge >= 0.3 is 6.18 Å². The van der Waals surface area contributed by atoms with Crippen LogP contribution in [0.5, 0.6) is 0 Å². The van der Waals surface area contributed by atoms with E-state index in [0.717, 1.165) is 6.54 Å². The van der Waals surface area contributed by atoms with Crippen molar-refractivity contribution < 1.29 is 18.3 Å². The number of hydrogen-bond acceptors (Lipinski definition) is 2. The van der Waals surface area contributed by atoms with E-state index in [1.807, 2.05) is 11.8 Å². The van der Waals surface area contributed by atoms with E-state index in [1.165, 1.54) is 0 Å². The summed E-state index contributed by atoms with van der Waals surface area (Å²) in [5.74, 6) is 0. The molecule has 14 heavy (non-hydrogen) atoms. The Hall–Kier alpha value is -0.290. The van der Waals surface area contributed by atoms with Gasteiger partial charge in [0.25, 0.3) is 0 Å². The summed E-state index contributed by atoms with van der Waals surface area (Å²) in [5.41, 5.74) is 0. The lowest BCUT2D eigenvalue weighted by molar-refractivity contribution is -0.136. The molecule has 0 saturated heterocycles. The lowest BCUT2D eigenvalue weighted by atomic mass is 10.2. The SMILES string of the molecule is CCN(CCCO)CCCC(F)(F)F. The molecule has 86 valence electrons. The van der Waals surface area contributed by atoms with Gasteiger partial charge in [0.2, 0.25) is 0 Å². The molecule has 0 radical (unpaired) electrons. The van der Waals surface area contributed by atoms with Gasteiger partial charge in [-0.05, 0) is 25.9 Å². The van der Waals surface area contributed by atoms with Crippen molar-refractivity contribution in [2.45, 2.75) is 32.4 Å². The van der Waals surface area contributed by atoms with Crippen molar-refractivity contribution in [3.05, 3.63) is 0 Å². The quantitative estimate of drug-likeness (QED) is 0.699. The topological polar surface area (TPSA) is 23.5 Å². The van der Waals surface area contributed by atoms with Crippen molar-refractivity contribution in [2.24, 2.45) is 0 Å². The van der Waals surface area contributed by atoms with Gasteiger partial charge in [0.15, 0.2) is 0 Å². The van der Waals surface area contributed by atoms with Crippen molar-refractivity contribution in [2.75, 3.05) is 26.2 Å². The minimum atomic E-state index is -4.05. The number of aliphatic hydroxyl groups is 1. The van der Waals surface area contributed by atoms with Crippen molar-refractivity contribution in [3.63, 3.8) is 0 Å². The van der Waals surface area contributed by atoms with Crippen LogP contribution in [0.25, 0.3) is 0 Å². The lowest BCUT2D eigenvalue weighted by Crippen LogP contribution is -2.27. The monoisotopic (exact) mass is 213 g/mol. The third-order valence-electron chi connectivity index (χ3n) is 2.01. The number of halogens is 3. The maximum atomic E-state index is 11.8. The van der Waals surface area contributed by atoms with E-state index in [4.69, 9.17) is 5.11 Å². The number of hydrogen-bond donors (Lipinski definition) is 1. The second-order valence-electron chi connectivity index (χ2n) is 3.23. The predicted octanol–water partition coefficient (Wildman–Crippen LogP) is 2.03. The second kappa shape index (κ2) is 7.06. The molecule has 0 aliphatic carbocycles. The van der Waals surface area contributed by atoms with Gasteiger partial charge < -0.3 is 10.0 Å². The molecule has 0 aromatic carbocycles. The summed E-state index contributed by atoms with van der Waals surface area (Å²) in [7, 11) is 0. The minimum Gasteiger partial charge on any atom is -0.396 e. The molecule has 0 rings (SSSR count). The third kappa shape index (κ3) is 8.31. The maximum Gasteiger partial charge on any atom is 0.389 e. The molecule has 0 bridgehead atoms. The first-order valence-corrected chi connectivity index (χ1v) is 4.89. The molecule has 0 amide bonds. The summed E-state index contributed by atoms with van der Waals surface area (Å²) in [6.07, 6.45) is -4.00. The van der Waals surface area contributed by atoms with E-state index in [1.54, 1.807) is 0 Å². The zero-order chi connectivity index (χ0) is 11.0. The standard InChI is InChI=1S/C9H18F3NO/c1-2-13(7-4-8-14)6-3-5-9(10,11)12/h14H,2-8H2,1H3. The minimum absolute atomic E-state index is 0.0930. The van der Waals surface area contributed by atoms with Crippen molar-refractivity contribution >= 4 is 0 Å². The van der Waals surface area contributed by atoms with Crippen LogP contribution in [0.2, 0.25) is 0 Å². The summed E-state index contributed by atoms with van der Waals surface area (Å²) in [6, 6.07) is 0. The molecule has 2 nitrogen and oxygen atoms in total. The van der Waals surface area contributed by atoms with Crippen LogP contribution >= 0.6 is 0 Å². The van der Waals surface area contributed by atoms with Gasteiger partial charge in [0.1, 0.15) is 0 Å². The molecule has 0 unspecified atom stereocenters. The van der Waals surface area contributed by atoms with E-state index in [2.05, 4.69) is 0 Å². The second-order valence-corrected chi connectivity index (χ2v) is 3.23. The van der Waals surface area contributed by atoms with Crippen LogP contribution < -0.4 is 0 Å². The van der Waals surface area contributed by atoms with E-state index in [0.29, 0.717) is 19.5 Å². The Morgan fingerprint density at radius 2 is 1.71 bits per heavy atom. The Labute approximate surface area is 82.7 Å². The predicted molar refractivity (Wildman–Crippen MR) is 49.1 cm³/mol. The molecule has 0 aromatic rings. The first-order chi connectivity index (χ1) is 6.49. The normalized spacial score (nSPS) is 12.4. The van der Waals surface area contributed by atoms with Crippen LogP contribution in [0.15, 0.2) is 0 Å². The highest BCUT2D eigenvalue weighted by molar-refractivity contribution is 4.58. The van der Waals surface area contributed by atoms with E-state index in [9.17, 15) is 13.2 Å². The summed E-state index contributed by atoms with van der Waals surface area (Å²) < 4.78 is 35.4. The zero-order valence-electron chi connectivity index (χ0n) is 8.48. The van der Waals surface area contributed by atoms with Crippen LogP contribution in [0.1, 0.15) is 26.2 Å². The highest BCUT2D eigenvalue weighted by Crippen LogP contribution is 2.21. The summed E-state index contributed by atoms with van der Waals surface area (Å²) >= 11 is 0. The summed E-state index contributed by atoms with van der Waals surface area (Å²) in [5, 5.41) is 8.56. The zero-order valence-corrected chi connectivity index (χ0v) is 8.48. The smallest absolute Gasteiger partial charge is 0.389 e. The van der Waals surface area contributed by atoms with Crippen molar-refractivity contribution in [1.82, 2.24) is 4.90 Å². The Balaban J connectivity index is 3.52. The summed E-state index contributed by atoms with van der Waals surface area (Å²) in [4.78, 5) is 1.92. The van der Waals surface area contributed by atoms with Crippen LogP contribution in [0, 0.1) is 0 Å². The van der Waals surface area contributed by atoms with Gasteiger partial charge in [0, 0.05) is 19.6 Å². The molecule has 0 heterocycles. The molecule has 0 spiro atoms. The summed E-state index contributed by atoms with van der Waals surface area (Å²) in [6.45, 7) is 3.86. The fraction of sp³-hybridized carbons (Fsp3) is 1.00. The Kier molecular flexibility index (Phi) is 6.92. The molecule has 1 N–H and O–H groups in total. The van der Waals surface area contributed by atoms with Gasteiger partial charge in [0.05, 0.1) is 0 Å². The van der Waals surface area contributed by atoms with Crippen LogP contribution in [-0.4, -0.2) is 42.4 Å². The number of rotatable bonds is 7. The van der Waals surface area contributed by atoms with Crippen LogP contribution in [0.3, 0.4) is 0 Å². The molecule has 0 aliphatic rings. The molecule has 0 aliphatic heterocycles. The van der Waals surface area contributed by atoms with Gasteiger partial charge in [-0.1, -0.05) is 6.92 Å². The Bertz CT molecular complexity index is 139. The molecule has 0 atom stereocenters. The largest absolute Gasteiger partial charge is 0.396 e. The third-order valence-corrected chi connectivity index (χ3v) is 2.01. The van der Waals surface area contributed by atoms with Crippen LogP contribution in [-0.2, 0) is 0 Å². The Morgan fingerprint density at radius 3 is 2.14 bits per heavy atom. The maximum absolute atomic E-state index is 11.8. The van der Waals surface area contributed by atoms with Crippen molar-refractivity contribution in [3.8, 4) is 0 Å².